The van der Waals surface area contributed by atoms with Crippen LogP contribution < -0.4 is 9.47 Å². The van der Waals surface area contributed by atoms with E-state index in [1.165, 1.54) is 20.4 Å². The van der Waals surface area contributed by atoms with Crippen LogP contribution in [0.3, 0.4) is 0 Å². The number of carboxylic acid groups (broad SMARTS) is 1. The van der Waals surface area contributed by atoms with E-state index in [0.717, 1.165) is 0 Å². The number of aliphatic carboxylic acids is 1. The van der Waals surface area contributed by atoms with Gasteiger partial charge in [-0.15, -0.1) is 0 Å². The number of hydrogen-bond acceptors (Lipinski definition) is 6. The molecule has 0 saturated carbocycles. The topological polar surface area (TPSA) is 90.8 Å². The molecule has 0 amide bonds. The van der Waals surface area contributed by atoms with Crippen LogP contribution in [0.5, 0.6) is 11.9 Å². The molecule has 150 valence electrons. The highest BCUT2D eigenvalue weighted by molar-refractivity contribution is 5.76. The highest BCUT2D eigenvalue weighted by Crippen LogP contribution is 2.38. The van der Waals surface area contributed by atoms with Crippen LogP contribution >= 0.6 is 0 Å². The Labute approximate surface area is 168 Å². The normalized spacial score (nSPS) is 12.2. The predicted octanol–water partition coefficient (Wildman–Crippen LogP) is 3.22. The van der Waals surface area contributed by atoms with Crippen molar-refractivity contribution in [1.82, 2.24) is 9.97 Å². The highest BCUT2D eigenvalue weighted by Gasteiger charge is 2.49. The number of benzene rings is 2. The minimum Gasteiger partial charge on any atom is -0.481 e. The number of carbonyl (C=O) groups is 1. The summed E-state index contributed by atoms with van der Waals surface area (Å²) in [6.45, 7) is 1.78. The summed E-state index contributed by atoms with van der Waals surface area (Å²) in [5.74, 6) is -0.913. The van der Waals surface area contributed by atoms with Gasteiger partial charge in [-0.2, -0.15) is 4.98 Å². The first kappa shape index (κ1) is 20.3. The standard InChI is InChI=1S/C22H22N2O5/c1-15-14-23-21(24-19(15)27-2)29-18(20(25)26)22(28-3,16-10-6-4-7-11-16)17-12-8-5-9-13-17/h4-14,18H,1-3H3,(H,25,26). The van der Waals surface area contributed by atoms with Crippen LogP contribution in [-0.4, -0.2) is 41.4 Å². The number of ether oxygens (including phenoxy) is 3. The molecule has 2 aromatic carbocycles. The molecule has 1 N–H and O–H groups in total. The van der Waals surface area contributed by atoms with Crippen molar-refractivity contribution < 1.29 is 24.1 Å². The van der Waals surface area contributed by atoms with E-state index in [1.807, 2.05) is 36.4 Å². The maximum absolute atomic E-state index is 12.4. The minimum absolute atomic E-state index is 0.117. The lowest BCUT2D eigenvalue weighted by Gasteiger charge is -2.37. The smallest absolute Gasteiger partial charge is 0.348 e. The quantitative estimate of drug-likeness (QED) is 0.627. The third-order valence-corrected chi connectivity index (χ3v) is 4.64. The van der Waals surface area contributed by atoms with Crippen LogP contribution in [0, 0.1) is 6.92 Å². The highest BCUT2D eigenvalue weighted by atomic mass is 16.6. The molecular weight excluding hydrogens is 372 g/mol. The second-order valence-electron chi connectivity index (χ2n) is 6.35. The molecule has 0 bridgehead atoms. The first-order valence-corrected chi connectivity index (χ1v) is 8.96. The Kier molecular flexibility index (Phi) is 6.09. The van der Waals surface area contributed by atoms with Crippen molar-refractivity contribution in [2.75, 3.05) is 14.2 Å². The third kappa shape index (κ3) is 3.90. The number of nitrogens with zero attached hydrogens (tertiary/aromatic N) is 2. The van der Waals surface area contributed by atoms with E-state index in [1.54, 1.807) is 31.2 Å². The van der Waals surface area contributed by atoms with E-state index in [9.17, 15) is 9.90 Å². The van der Waals surface area contributed by atoms with Gasteiger partial charge in [0.15, 0.2) is 5.60 Å². The SMILES string of the molecule is COc1nc(OC(C(=O)O)C(OC)(c2ccccc2)c2ccccc2)ncc1C. The van der Waals surface area contributed by atoms with Gasteiger partial charge in [-0.1, -0.05) is 60.7 Å². The second-order valence-corrected chi connectivity index (χ2v) is 6.35. The first-order chi connectivity index (χ1) is 14.0. The van der Waals surface area contributed by atoms with Crippen LogP contribution in [0.15, 0.2) is 66.9 Å². The number of methoxy groups -OCH3 is 2. The summed E-state index contributed by atoms with van der Waals surface area (Å²) < 4.78 is 16.9. The van der Waals surface area contributed by atoms with Gasteiger partial charge in [0.05, 0.1) is 7.11 Å². The van der Waals surface area contributed by atoms with Gasteiger partial charge >= 0.3 is 12.0 Å². The van der Waals surface area contributed by atoms with Gasteiger partial charge in [0.2, 0.25) is 12.0 Å². The number of aromatic nitrogens is 2. The molecule has 3 rings (SSSR count). The van der Waals surface area contributed by atoms with Crippen molar-refractivity contribution in [2.24, 2.45) is 0 Å². The number of hydrogen-bond donors (Lipinski definition) is 1. The molecule has 1 aromatic heterocycles. The average molecular weight is 394 g/mol. The van der Waals surface area contributed by atoms with Gasteiger partial charge in [-0.05, 0) is 18.1 Å². The maximum Gasteiger partial charge on any atom is 0.348 e. The lowest BCUT2D eigenvalue weighted by atomic mass is 9.81. The molecule has 1 unspecified atom stereocenters. The molecule has 0 aliphatic carbocycles. The molecular formula is C22H22N2O5. The van der Waals surface area contributed by atoms with Crippen LogP contribution in [0.2, 0.25) is 0 Å². The molecule has 0 fully saturated rings. The zero-order valence-electron chi connectivity index (χ0n) is 16.4. The molecule has 0 aliphatic heterocycles. The molecule has 0 spiro atoms. The predicted molar refractivity (Wildman–Crippen MR) is 106 cm³/mol. The fraction of sp³-hybridized carbons (Fsp3) is 0.227. The van der Waals surface area contributed by atoms with Crippen molar-refractivity contribution in [3.63, 3.8) is 0 Å². The minimum atomic E-state index is -1.47. The largest absolute Gasteiger partial charge is 0.481 e. The zero-order chi connectivity index (χ0) is 20.9. The molecule has 0 radical (unpaired) electrons. The van der Waals surface area contributed by atoms with E-state index in [2.05, 4.69) is 9.97 Å². The van der Waals surface area contributed by atoms with Crippen molar-refractivity contribution >= 4 is 5.97 Å². The molecule has 29 heavy (non-hydrogen) atoms. The van der Waals surface area contributed by atoms with Crippen molar-refractivity contribution in [3.05, 3.63) is 83.6 Å². The van der Waals surface area contributed by atoms with Crippen LogP contribution in [0.1, 0.15) is 16.7 Å². The third-order valence-electron chi connectivity index (χ3n) is 4.64. The summed E-state index contributed by atoms with van der Waals surface area (Å²) in [6, 6.07) is 18.0. The fourth-order valence-corrected chi connectivity index (χ4v) is 3.27. The Balaban J connectivity index is 2.17. The Morgan fingerprint density at radius 1 is 1.00 bits per heavy atom. The number of aryl methyl sites for hydroxylation is 1. The summed E-state index contributed by atoms with van der Waals surface area (Å²) in [5, 5.41) is 10.1. The van der Waals surface area contributed by atoms with Crippen LogP contribution in [0.4, 0.5) is 0 Å². The van der Waals surface area contributed by atoms with Crippen molar-refractivity contribution in [3.8, 4) is 11.9 Å². The summed E-state index contributed by atoms with van der Waals surface area (Å²) in [6.07, 6.45) is 0.0456. The Hall–Kier alpha value is -3.45. The van der Waals surface area contributed by atoms with Crippen LogP contribution in [-0.2, 0) is 15.1 Å². The first-order valence-electron chi connectivity index (χ1n) is 8.96. The van der Waals surface area contributed by atoms with E-state index in [0.29, 0.717) is 22.6 Å². The van der Waals surface area contributed by atoms with E-state index in [-0.39, 0.29) is 6.01 Å². The fourth-order valence-electron chi connectivity index (χ4n) is 3.27. The Bertz CT molecular complexity index is 924. The Morgan fingerprint density at radius 3 is 2.00 bits per heavy atom. The lowest BCUT2D eigenvalue weighted by molar-refractivity contribution is -0.160. The molecule has 7 nitrogen and oxygen atoms in total. The van der Waals surface area contributed by atoms with Gasteiger partial charge in [-0.25, -0.2) is 9.78 Å². The van der Waals surface area contributed by atoms with E-state index < -0.39 is 17.7 Å². The number of carboxylic acids is 1. The van der Waals surface area contributed by atoms with Gasteiger partial charge in [0.1, 0.15) is 0 Å². The van der Waals surface area contributed by atoms with Crippen molar-refractivity contribution in [2.45, 2.75) is 18.6 Å². The number of rotatable bonds is 8. The summed E-state index contributed by atoms with van der Waals surface area (Å²) in [7, 11) is 2.93. The van der Waals surface area contributed by atoms with Gasteiger partial charge in [0, 0.05) is 18.9 Å². The van der Waals surface area contributed by atoms with Crippen molar-refractivity contribution in [1.29, 1.82) is 0 Å². The molecule has 0 saturated heterocycles. The molecule has 1 atom stereocenters. The van der Waals surface area contributed by atoms with Gasteiger partial charge < -0.3 is 19.3 Å². The Morgan fingerprint density at radius 2 is 1.55 bits per heavy atom. The molecule has 0 aliphatic rings. The zero-order valence-corrected chi connectivity index (χ0v) is 16.4. The summed E-state index contributed by atoms with van der Waals surface area (Å²) in [4.78, 5) is 20.7. The monoisotopic (exact) mass is 394 g/mol. The molecule has 7 heteroatoms. The second kappa shape index (κ2) is 8.70. The lowest BCUT2D eigenvalue weighted by Crippen LogP contribution is -2.50. The van der Waals surface area contributed by atoms with E-state index in [4.69, 9.17) is 14.2 Å². The molecule has 3 aromatic rings. The summed E-state index contributed by atoms with van der Waals surface area (Å²) in [5.41, 5.74) is 0.520. The van der Waals surface area contributed by atoms with Crippen LogP contribution in [0.25, 0.3) is 0 Å². The maximum atomic E-state index is 12.4. The van der Waals surface area contributed by atoms with Gasteiger partial charge in [-0.3, -0.25) is 0 Å². The summed E-state index contributed by atoms with van der Waals surface area (Å²) >= 11 is 0. The molecule has 1 heterocycles. The average Bonchev–Trinajstić information content (AvgIpc) is 2.76. The van der Waals surface area contributed by atoms with E-state index >= 15 is 0 Å². The van der Waals surface area contributed by atoms with Gasteiger partial charge in [0.25, 0.3) is 0 Å².